The molecule has 1 saturated carbocycles. The molecular formula is C33H32Cl2FN5O3. The molecule has 7 rings (SSSR count). The van der Waals surface area contributed by atoms with Crippen molar-refractivity contribution in [2.75, 3.05) is 19.0 Å². The topological polar surface area (TPSA) is 102 Å². The van der Waals surface area contributed by atoms with Crippen molar-refractivity contribution in [3.8, 4) is 5.75 Å². The molecule has 0 spiro atoms. The maximum Gasteiger partial charge on any atom is 0.252 e. The number of nitrogens with one attached hydrogen (secondary N) is 1. The molecule has 4 aromatic rings. The van der Waals surface area contributed by atoms with Gasteiger partial charge in [-0.3, -0.25) is 14.5 Å². The number of carbonyl (C=O) groups excluding carboxylic acids is 2. The smallest absolute Gasteiger partial charge is 0.252 e. The Hall–Kier alpha value is -3.66. The largest absolute Gasteiger partial charge is 0.496 e. The third-order valence-electron chi connectivity index (χ3n) is 9.70. The van der Waals surface area contributed by atoms with Gasteiger partial charge in [0.1, 0.15) is 22.9 Å². The summed E-state index contributed by atoms with van der Waals surface area (Å²) in [7, 11) is 1.49. The van der Waals surface area contributed by atoms with Crippen LogP contribution in [0.15, 0.2) is 54.6 Å². The molecule has 4 atom stereocenters. The lowest BCUT2D eigenvalue weighted by Gasteiger charge is -2.40. The first-order valence-electron chi connectivity index (χ1n) is 14.8. The van der Waals surface area contributed by atoms with E-state index in [-0.39, 0.29) is 28.5 Å². The Bertz CT molecular complexity index is 1820. The zero-order valence-electron chi connectivity index (χ0n) is 24.3. The Balaban J connectivity index is 1.44. The minimum atomic E-state index is -1.17. The number of aromatic nitrogens is 2. The Morgan fingerprint density at radius 2 is 1.91 bits per heavy atom. The van der Waals surface area contributed by atoms with Crippen LogP contribution in [0.25, 0.3) is 11.0 Å². The molecule has 0 unspecified atom stereocenters. The van der Waals surface area contributed by atoms with Crippen LogP contribution >= 0.6 is 23.2 Å². The summed E-state index contributed by atoms with van der Waals surface area (Å²) in [5.41, 5.74) is 7.03. The van der Waals surface area contributed by atoms with Crippen LogP contribution in [0.1, 0.15) is 59.8 Å². The van der Waals surface area contributed by atoms with E-state index in [1.165, 1.54) is 13.2 Å². The number of imidazole rings is 1. The minimum absolute atomic E-state index is 0.00237. The number of likely N-dealkylation sites (tertiary alicyclic amines) is 1. The third kappa shape index (κ3) is 4.55. The number of nitrogens with zero attached hydrogens (tertiary/aromatic N) is 3. The monoisotopic (exact) mass is 635 g/mol. The quantitative estimate of drug-likeness (QED) is 0.246. The van der Waals surface area contributed by atoms with Crippen molar-refractivity contribution >= 4 is 51.7 Å². The van der Waals surface area contributed by atoms with Crippen LogP contribution in [0.2, 0.25) is 10.0 Å². The number of benzene rings is 3. The number of halogens is 3. The molecule has 3 heterocycles. The van der Waals surface area contributed by atoms with Crippen molar-refractivity contribution in [3.63, 3.8) is 0 Å². The second-order valence-corrected chi connectivity index (χ2v) is 13.1. The second kappa shape index (κ2) is 10.8. The van der Waals surface area contributed by atoms with Gasteiger partial charge in [-0.25, -0.2) is 9.37 Å². The summed E-state index contributed by atoms with van der Waals surface area (Å²) in [5, 5.41) is 3.60. The molecular weight excluding hydrogens is 604 g/mol. The summed E-state index contributed by atoms with van der Waals surface area (Å²) >= 11 is 12.6. The molecule has 1 aliphatic carbocycles. The normalized spacial score (nSPS) is 24.6. The number of fused-ring (bicyclic) bond motifs is 5. The predicted octanol–water partition coefficient (Wildman–Crippen LogP) is 6.35. The summed E-state index contributed by atoms with van der Waals surface area (Å²) in [6, 6.07) is 15.3. The SMILES string of the molecule is COc1cc2c(cc1C(N)=O)nc1n2CC[C@H]2[C@@H]1[C@H](c1cccc(Cl)c1F)[C@](C)(C(=O)Nc1cccc(Cl)c1)N2CC1CC1. The van der Waals surface area contributed by atoms with Crippen LogP contribution in [0.5, 0.6) is 5.75 Å². The molecule has 8 nitrogen and oxygen atoms in total. The molecule has 228 valence electrons. The number of amides is 2. The van der Waals surface area contributed by atoms with Crippen molar-refractivity contribution in [3.05, 3.63) is 87.4 Å². The van der Waals surface area contributed by atoms with E-state index in [9.17, 15) is 9.59 Å². The molecule has 11 heteroatoms. The van der Waals surface area contributed by atoms with Crippen LogP contribution in [0, 0.1) is 11.7 Å². The molecule has 2 amide bonds. The van der Waals surface area contributed by atoms with Crippen molar-refractivity contribution in [2.45, 2.75) is 56.1 Å². The number of rotatable bonds is 7. The number of primary amides is 1. The summed E-state index contributed by atoms with van der Waals surface area (Å²) in [6.45, 7) is 3.25. The zero-order valence-corrected chi connectivity index (χ0v) is 25.8. The number of ether oxygens (including phenoxy) is 1. The van der Waals surface area contributed by atoms with E-state index in [4.69, 9.17) is 38.7 Å². The summed E-state index contributed by atoms with van der Waals surface area (Å²) in [6.07, 6.45) is 2.89. The molecule has 0 radical (unpaired) electrons. The van der Waals surface area contributed by atoms with E-state index in [1.807, 2.05) is 6.92 Å². The summed E-state index contributed by atoms with van der Waals surface area (Å²) in [5.74, 6) is -0.866. The fourth-order valence-electron chi connectivity index (χ4n) is 7.48. The van der Waals surface area contributed by atoms with E-state index in [2.05, 4.69) is 14.8 Å². The maximum atomic E-state index is 16.1. The highest BCUT2D eigenvalue weighted by atomic mass is 35.5. The highest BCUT2D eigenvalue weighted by Gasteiger charge is 2.63. The van der Waals surface area contributed by atoms with E-state index in [1.54, 1.807) is 48.5 Å². The van der Waals surface area contributed by atoms with Gasteiger partial charge in [-0.15, -0.1) is 0 Å². The summed E-state index contributed by atoms with van der Waals surface area (Å²) in [4.78, 5) is 34.2. The third-order valence-corrected chi connectivity index (χ3v) is 10.2. The molecule has 1 saturated heterocycles. The van der Waals surface area contributed by atoms with Crippen LogP contribution in [0.4, 0.5) is 10.1 Å². The van der Waals surface area contributed by atoms with Crippen LogP contribution in [0.3, 0.4) is 0 Å². The van der Waals surface area contributed by atoms with E-state index in [0.29, 0.717) is 53.0 Å². The van der Waals surface area contributed by atoms with Crippen molar-refractivity contribution in [1.82, 2.24) is 14.5 Å². The molecule has 44 heavy (non-hydrogen) atoms. The van der Waals surface area contributed by atoms with Gasteiger partial charge in [-0.2, -0.15) is 0 Å². The number of nitrogens with two attached hydrogens (primary N) is 1. The van der Waals surface area contributed by atoms with E-state index < -0.39 is 23.2 Å². The first kappa shape index (κ1) is 29.1. The van der Waals surface area contributed by atoms with Gasteiger partial charge in [-0.05, 0) is 68.0 Å². The molecule has 0 bridgehead atoms. The highest BCUT2D eigenvalue weighted by Crippen LogP contribution is 2.58. The Morgan fingerprint density at radius 3 is 2.61 bits per heavy atom. The number of methoxy groups -OCH3 is 1. The van der Waals surface area contributed by atoms with Crippen LogP contribution < -0.4 is 15.8 Å². The number of anilines is 1. The first-order valence-corrected chi connectivity index (χ1v) is 15.5. The lowest BCUT2D eigenvalue weighted by molar-refractivity contribution is -0.127. The minimum Gasteiger partial charge on any atom is -0.496 e. The van der Waals surface area contributed by atoms with Gasteiger partial charge in [0.15, 0.2) is 0 Å². The van der Waals surface area contributed by atoms with Crippen molar-refractivity contribution in [1.29, 1.82) is 0 Å². The van der Waals surface area contributed by atoms with Gasteiger partial charge in [0, 0.05) is 47.7 Å². The standard InChI is InChI=1S/C33H32Cl2FN5O3/c1-33(32(43)38-19-6-3-5-18(34)13-19)28(20-7-4-8-22(35)29(20)36)27-24(41(33)16-17-9-10-17)11-12-40-25-15-26(44-2)21(30(37)42)14-23(25)39-31(27)40/h3-8,13-15,17,24,27-28H,9-12,16H2,1-2H3,(H2,37,42)(H,38,43)/t24-,27+,28-,33+/m0/s1. The van der Waals surface area contributed by atoms with Gasteiger partial charge >= 0.3 is 0 Å². The lowest BCUT2D eigenvalue weighted by atomic mass is 9.73. The predicted molar refractivity (Wildman–Crippen MR) is 168 cm³/mol. The van der Waals surface area contributed by atoms with Gasteiger partial charge in [-0.1, -0.05) is 41.4 Å². The molecule has 1 aromatic heterocycles. The Labute approximate surface area is 264 Å². The van der Waals surface area contributed by atoms with Crippen molar-refractivity contribution in [2.24, 2.45) is 11.7 Å². The van der Waals surface area contributed by atoms with Gasteiger partial charge < -0.3 is 20.4 Å². The zero-order chi connectivity index (χ0) is 30.9. The molecule has 2 aliphatic heterocycles. The van der Waals surface area contributed by atoms with Crippen LogP contribution in [-0.4, -0.2) is 51.5 Å². The fraction of sp³-hybridized carbons (Fsp3) is 0.364. The van der Waals surface area contributed by atoms with Crippen molar-refractivity contribution < 1.29 is 18.7 Å². The molecule has 3 aromatic carbocycles. The molecule has 2 fully saturated rings. The van der Waals surface area contributed by atoms with E-state index in [0.717, 1.165) is 24.2 Å². The Morgan fingerprint density at radius 1 is 1.14 bits per heavy atom. The maximum absolute atomic E-state index is 16.1. The van der Waals surface area contributed by atoms with Gasteiger partial charge in [0.05, 0.1) is 28.7 Å². The van der Waals surface area contributed by atoms with E-state index >= 15 is 4.39 Å². The molecule has 3 N–H and O–H groups in total. The van der Waals surface area contributed by atoms with Crippen LogP contribution in [-0.2, 0) is 11.3 Å². The summed E-state index contributed by atoms with van der Waals surface area (Å²) < 4.78 is 23.7. The first-order chi connectivity index (χ1) is 21.1. The van der Waals surface area contributed by atoms with Gasteiger partial charge in [0.2, 0.25) is 5.91 Å². The highest BCUT2D eigenvalue weighted by molar-refractivity contribution is 6.31. The number of carbonyl (C=O) groups is 2. The average molecular weight is 637 g/mol. The Kier molecular flexibility index (Phi) is 7.10. The average Bonchev–Trinajstić information content (AvgIpc) is 3.69. The second-order valence-electron chi connectivity index (χ2n) is 12.2. The fourth-order valence-corrected chi connectivity index (χ4v) is 7.86. The number of aryl methyl sites for hydroxylation is 1. The molecule has 3 aliphatic rings. The lowest BCUT2D eigenvalue weighted by Crippen LogP contribution is -2.56. The number of hydrogen-bond donors (Lipinski definition) is 2. The number of hydrogen-bond acceptors (Lipinski definition) is 5. The van der Waals surface area contributed by atoms with Gasteiger partial charge in [0.25, 0.3) is 5.91 Å².